The molecule has 1 atom stereocenters. The first kappa shape index (κ1) is 12.9. The Morgan fingerprint density at radius 2 is 2.21 bits per heavy atom. The maximum absolute atomic E-state index is 4.48. The summed E-state index contributed by atoms with van der Waals surface area (Å²) < 4.78 is 0. The van der Waals surface area contributed by atoms with Crippen molar-refractivity contribution in [1.29, 1.82) is 0 Å². The van der Waals surface area contributed by atoms with Crippen LogP contribution in [0.3, 0.4) is 0 Å². The lowest BCUT2D eigenvalue weighted by Gasteiger charge is -2.26. The van der Waals surface area contributed by atoms with Crippen LogP contribution in [0, 0.1) is 0 Å². The predicted octanol–water partition coefficient (Wildman–Crippen LogP) is 2.15. The van der Waals surface area contributed by atoms with Crippen LogP contribution in [0.4, 0.5) is 5.82 Å². The van der Waals surface area contributed by atoms with Gasteiger partial charge >= 0.3 is 0 Å². The van der Waals surface area contributed by atoms with E-state index in [4.69, 9.17) is 0 Å². The van der Waals surface area contributed by atoms with Crippen LogP contribution in [-0.4, -0.2) is 35.1 Å². The van der Waals surface area contributed by atoms with Crippen molar-refractivity contribution in [3.63, 3.8) is 0 Å². The Bertz CT molecular complexity index is 416. The summed E-state index contributed by atoms with van der Waals surface area (Å²) in [5.41, 5.74) is 1.17. The van der Waals surface area contributed by atoms with E-state index in [-0.39, 0.29) is 0 Å². The Morgan fingerprint density at radius 1 is 1.32 bits per heavy atom. The standard InChI is InChI=1S/C15H24N4/c1-2-4-13-9-15(18-11-17-13)19-8-3-5-14(19)10-16-12-6-7-12/h9,11-12,14,16H,2-8,10H2,1H3. The molecule has 1 aliphatic heterocycles. The third-order valence-corrected chi connectivity index (χ3v) is 4.11. The van der Waals surface area contributed by atoms with Gasteiger partial charge in [-0.25, -0.2) is 9.97 Å². The van der Waals surface area contributed by atoms with Gasteiger partial charge in [0.05, 0.1) is 0 Å². The molecule has 19 heavy (non-hydrogen) atoms. The molecule has 1 aromatic heterocycles. The summed E-state index contributed by atoms with van der Waals surface area (Å²) in [7, 11) is 0. The monoisotopic (exact) mass is 260 g/mol. The zero-order valence-electron chi connectivity index (χ0n) is 11.8. The summed E-state index contributed by atoms with van der Waals surface area (Å²) in [6, 6.07) is 3.59. The van der Waals surface area contributed by atoms with Crippen LogP contribution in [0.5, 0.6) is 0 Å². The van der Waals surface area contributed by atoms with Gasteiger partial charge < -0.3 is 10.2 Å². The number of hydrogen-bond donors (Lipinski definition) is 1. The molecule has 2 fully saturated rings. The van der Waals surface area contributed by atoms with E-state index in [2.05, 4.69) is 33.2 Å². The second-order valence-electron chi connectivity index (χ2n) is 5.79. The number of nitrogens with zero attached hydrogens (tertiary/aromatic N) is 3. The molecular formula is C15H24N4. The van der Waals surface area contributed by atoms with Crippen LogP contribution in [0.2, 0.25) is 0 Å². The fraction of sp³-hybridized carbons (Fsp3) is 0.733. The van der Waals surface area contributed by atoms with Gasteiger partial charge in [-0.2, -0.15) is 0 Å². The predicted molar refractivity (Wildman–Crippen MR) is 77.4 cm³/mol. The topological polar surface area (TPSA) is 41.0 Å². The van der Waals surface area contributed by atoms with Crippen molar-refractivity contribution in [2.45, 2.75) is 57.5 Å². The Balaban J connectivity index is 1.66. The second kappa shape index (κ2) is 5.87. The number of anilines is 1. The van der Waals surface area contributed by atoms with Gasteiger partial charge in [0.15, 0.2) is 0 Å². The number of nitrogens with one attached hydrogen (secondary N) is 1. The summed E-state index contributed by atoms with van der Waals surface area (Å²) in [5.74, 6) is 1.12. The first-order valence-electron chi connectivity index (χ1n) is 7.67. The summed E-state index contributed by atoms with van der Waals surface area (Å²) in [5, 5.41) is 3.65. The minimum absolute atomic E-state index is 0.616. The van der Waals surface area contributed by atoms with Gasteiger partial charge in [-0.05, 0) is 32.1 Å². The average Bonchev–Trinajstić information content (AvgIpc) is 3.14. The van der Waals surface area contributed by atoms with Gasteiger partial charge in [0, 0.05) is 36.9 Å². The maximum atomic E-state index is 4.48. The van der Waals surface area contributed by atoms with Crippen molar-refractivity contribution in [2.24, 2.45) is 0 Å². The van der Waals surface area contributed by atoms with E-state index in [0.717, 1.165) is 37.8 Å². The molecule has 0 spiro atoms. The van der Waals surface area contributed by atoms with E-state index >= 15 is 0 Å². The Kier molecular flexibility index (Phi) is 3.97. The third kappa shape index (κ3) is 3.24. The summed E-state index contributed by atoms with van der Waals surface area (Å²) in [4.78, 5) is 11.3. The molecule has 2 heterocycles. The molecule has 4 heteroatoms. The molecule has 3 rings (SSSR count). The Morgan fingerprint density at radius 3 is 3.00 bits per heavy atom. The van der Waals surface area contributed by atoms with Gasteiger partial charge in [0.1, 0.15) is 12.1 Å². The van der Waals surface area contributed by atoms with Crippen molar-refractivity contribution >= 4 is 5.82 Å². The molecule has 1 aliphatic carbocycles. The summed E-state index contributed by atoms with van der Waals surface area (Å²) in [6.45, 7) is 4.44. The average molecular weight is 260 g/mol. The third-order valence-electron chi connectivity index (χ3n) is 4.11. The number of aromatic nitrogens is 2. The highest BCUT2D eigenvalue weighted by atomic mass is 15.2. The number of rotatable bonds is 6. The summed E-state index contributed by atoms with van der Waals surface area (Å²) >= 11 is 0. The highest BCUT2D eigenvalue weighted by molar-refractivity contribution is 5.41. The molecule has 1 unspecified atom stereocenters. The fourth-order valence-corrected chi connectivity index (χ4v) is 2.88. The zero-order chi connectivity index (χ0) is 13.1. The highest BCUT2D eigenvalue weighted by Crippen LogP contribution is 2.25. The van der Waals surface area contributed by atoms with Crippen LogP contribution in [0.25, 0.3) is 0 Å². The second-order valence-corrected chi connectivity index (χ2v) is 5.79. The lowest BCUT2D eigenvalue weighted by molar-refractivity contribution is 0.568. The molecule has 1 saturated carbocycles. The quantitative estimate of drug-likeness (QED) is 0.851. The molecule has 1 aromatic rings. The highest BCUT2D eigenvalue weighted by Gasteiger charge is 2.28. The van der Waals surface area contributed by atoms with Crippen LogP contribution in [-0.2, 0) is 6.42 Å². The molecule has 1 N–H and O–H groups in total. The molecule has 0 aromatic carbocycles. The maximum Gasteiger partial charge on any atom is 0.132 e. The van der Waals surface area contributed by atoms with E-state index in [1.165, 1.54) is 31.4 Å². The molecule has 0 amide bonds. The van der Waals surface area contributed by atoms with E-state index in [1.54, 1.807) is 6.33 Å². The number of aryl methyl sites for hydroxylation is 1. The van der Waals surface area contributed by atoms with E-state index in [0.29, 0.717) is 6.04 Å². The lowest BCUT2D eigenvalue weighted by Crippen LogP contribution is -2.39. The van der Waals surface area contributed by atoms with Crippen molar-refractivity contribution in [1.82, 2.24) is 15.3 Å². The smallest absolute Gasteiger partial charge is 0.132 e. The largest absolute Gasteiger partial charge is 0.352 e. The van der Waals surface area contributed by atoms with Gasteiger partial charge in [0.25, 0.3) is 0 Å². The normalized spacial score (nSPS) is 23.0. The van der Waals surface area contributed by atoms with Crippen molar-refractivity contribution in [2.75, 3.05) is 18.0 Å². The summed E-state index contributed by atoms with van der Waals surface area (Å²) in [6.07, 6.45) is 9.21. The van der Waals surface area contributed by atoms with Crippen molar-refractivity contribution < 1.29 is 0 Å². The van der Waals surface area contributed by atoms with Crippen LogP contribution in [0.1, 0.15) is 44.7 Å². The first-order chi connectivity index (χ1) is 9.36. The minimum atomic E-state index is 0.616. The lowest BCUT2D eigenvalue weighted by atomic mass is 10.2. The number of hydrogen-bond acceptors (Lipinski definition) is 4. The van der Waals surface area contributed by atoms with Gasteiger partial charge in [-0.1, -0.05) is 13.3 Å². The SMILES string of the molecule is CCCc1cc(N2CCCC2CNC2CC2)ncn1. The zero-order valence-corrected chi connectivity index (χ0v) is 11.8. The molecular weight excluding hydrogens is 236 g/mol. The molecule has 0 bridgehead atoms. The minimum Gasteiger partial charge on any atom is -0.352 e. The van der Waals surface area contributed by atoms with Crippen LogP contribution >= 0.6 is 0 Å². The Labute approximate surface area is 115 Å². The van der Waals surface area contributed by atoms with Crippen molar-refractivity contribution in [3.8, 4) is 0 Å². The fourth-order valence-electron chi connectivity index (χ4n) is 2.88. The van der Waals surface area contributed by atoms with Crippen LogP contribution in [0.15, 0.2) is 12.4 Å². The van der Waals surface area contributed by atoms with E-state index in [1.807, 2.05) is 0 Å². The molecule has 104 valence electrons. The first-order valence-corrected chi connectivity index (χ1v) is 7.67. The van der Waals surface area contributed by atoms with Crippen LogP contribution < -0.4 is 10.2 Å². The van der Waals surface area contributed by atoms with Gasteiger partial charge in [-0.3, -0.25) is 0 Å². The molecule has 1 saturated heterocycles. The van der Waals surface area contributed by atoms with E-state index in [9.17, 15) is 0 Å². The van der Waals surface area contributed by atoms with Gasteiger partial charge in [0.2, 0.25) is 0 Å². The van der Waals surface area contributed by atoms with E-state index < -0.39 is 0 Å². The molecule has 4 nitrogen and oxygen atoms in total. The van der Waals surface area contributed by atoms with Gasteiger partial charge in [-0.15, -0.1) is 0 Å². The molecule has 0 radical (unpaired) electrons. The Hall–Kier alpha value is -1.16. The molecule has 2 aliphatic rings. The van der Waals surface area contributed by atoms with Crippen molar-refractivity contribution in [3.05, 3.63) is 18.1 Å².